The molecule has 1 aliphatic carbocycles. The maximum atomic E-state index is 13.7. The van der Waals surface area contributed by atoms with Gasteiger partial charge in [0.1, 0.15) is 5.82 Å². The first-order valence-corrected chi connectivity index (χ1v) is 13.7. The summed E-state index contributed by atoms with van der Waals surface area (Å²) in [6.07, 6.45) is -0.340. The van der Waals surface area contributed by atoms with E-state index in [9.17, 15) is 23.7 Å². The predicted octanol–water partition coefficient (Wildman–Crippen LogP) is 5.39. The Bertz CT molecular complexity index is 1260. The predicted molar refractivity (Wildman–Crippen MR) is 133 cm³/mol. The van der Waals surface area contributed by atoms with Gasteiger partial charge in [-0.15, -0.1) is 0 Å². The fraction of sp³-hybridized carbons (Fsp3) is 0.333. The van der Waals surface area contributed by atoms with Gasteiger partial charge < -0.3 is 15.1 Å². The summed E-state index contributed by atoms with van der Waals surface area (Å²) < 4.78 is 26.6. The Labute approximate surface area is 203 Å². The highest BCUT2D eigenvalue weighted by Gasteiger charge is 2.32. The average Bonchev–Trinajstić information content (AvgIpc) is 3.63. The van der Waals surface area contributed by atoms with Crippen LogP contribution in [0.5, 0.6) is 0 Å². The topological polar surface area (TPSA) is 108 Å². The number of rotatable bonds is 10. The van der Waals surface area contributed by atoms with Gasteiger partial charge in [-0.2, -0.15) is 0 Å². The minimum absolute atomic E-state index is 0.108. The van der Waals surface area contributed by atoms with Crippen LogP contribution in [0.1, 0.15) is 42.0 Å². The zero-order valence-electron chi connectivity index (χ0n) is 19.5. The van der Waals surface area contributed by atoms with Gasteiger partial charge in [-0.1, -0.05) is 42.5 Å². The molecule has 2 atom stereocenters. The average molecular weight is 498 g/mol. The number of pyridine rings is 1. The maximum Gasteiger partial charge on any atom is 0.305 e. The van der Waals surface area contributed by atoms with Crippen molar-refractivity contribution in [2.75, 3.05) is 12.3 Å². The number of aliphatic hydroxyl groups is 1. The number of aromatic nitrogens is 1. The van der Waals surface area contributed by atoms with Crippen molar-refractivity contribution in [1.29, 1.82) is 0 Å². The van der Waals surface area contributed by atoms with Crippen LogP contribution in [0.2, 0.25) is 0 Å². The minimum atomic E-state index is -3.81. The number of halogens is 1. The second-order valence-electron chi connectivity index (χ2n) is 9.23. The molecule has 0 spiro atoms. The number of nitrogens with zero attached hydrogens (tertiary/aromatic N) is 1. The molecule has 1 heterocycles. The molecule has 6 nitrogen and oxygen atoms in total. The van der Waals surface area contributed by atoms with E-state index in [4.69, 9.17) is 10.1 Å². The molecule has 0 saturated heterocycles. The zero-order chi connectivity index (χ0) is 25.2. The van der Waals surface area contributed by atoms with Crippen LogP contribution in [-0.4, -0.2) is 44.5 Å². The van der Waals surface area contributed by atoms with Gasteiger partial charge in [0, 0.05) is 23.3 Å². The molecule has 1 unspecified atom stereocenters. The molecule has 0 bridgehead atoms. The Balaban J connectivity index is 1.78. The normalized spacial score (nSPS) is 16.0. The number of carboxylic acids is 1. The van der Waals surface area contributed by atoms with E-state index in [1.165, 1.54) is 12.1 Å². The molecule has 0 aliphatic heterocycles. The highest BCUT2D eigenvalue weighted by Crippen LogP contribution is 2.48. The van der Waals surface area contributed by atoms with Gasteiger partial charge in [0.25, 0.3) is 0 Å². The summed E-state index contributed by atoms with van der Waals surface area (Å²) in [7, 11) is -3.81. The summed E-state index contributed by atoms with van der Waals surface area (Å²) in [5.74, 6) is -1.31. The first kappa shape index (κ1) is 25.2. The summed E-state index contributed by atoms with van der Waals surface area (Å²) in [4.78, 5) is 26.4. The van der Waals surface area contributed by atoms with E-state index in [0.717, 1.165) is 52.0 Å². The summed E-state index contributed by atoms with van der Waals surface area (Å²) in [5, 5.41) is 18.8. The fourth-order valence-corrected chi connectivity index (χ4v) is 6.09. The number of hydrogen-bond donors (Lipinski definition) is 3. The Kier molecular flexibility index (Phi) is 7.50. The lowest BCUT2D eigenvalue weighted by Gasteiger charge is -2.22. The van der Waals surface area contributed by atoms with Crippen molar-refractivity contribution in [2.24, 2.45) is 0 Å². The van der Waals surface area contributed by atoms with Crippen molar-refractivity contribution in [3.05, 3.63) is 77.2 Å². The highest BCUT2D eigenvalue weighted by atomic mass is 31.2. The second-order valence-corrected chi connectivity index (χ2v) is 11.7. The number of aliphatic carboxylic acids is 1. The standard InChI is InChI=1S/C27H29FNO5P/c1-17-25(18-9-11-21(28)12-10-18)23(13-14-35(33,34)16-22(30)15-24(31)32)27(20-7-8-20)29-26(17)19-5-3-2-4-6-19/h2-6,9-12,20,22,30H,7-8,13-16H2,1H3,(H,31,32)(H,33,34)/t22-/m1/s1. The quantitative estimate of drug-likeness (QED) is 0.324. The van der Waals surface area contributed by atoms with Crippen molar-refractivity contribution >= 4 is 13.3 Å². The monoisotopic (exact) mass is 497 g/mol. The molecule has 8 heteroatoms. The molecule has 3 aromatic rings. The van der Waals surface area contributed by atoms with E-state index >= 15 is 0 Å². The molecule has 0 amide bonds. The van der Waals surface area contributed by atoms with Crippen LogP contribution in [0.3, 0.4) is 0 Å². The van der Waals surface area contributed by atoms with E-state index in [1.54, 1.807) is 12.1 Å². The van der Waals surface area contributed by atoms with E-state index in [1.807, 2.05) is 37.3 Å². The number of aliphatic hydroxyl groups excluding tert-OH is 1. The van der Waals surface area contributed by atoms with Crippen molar-refractivity contribution in [3.63, 3.8) is 0 Å². The summed E-state index contributed by atoms with van der Waals surface area (Å²) >= 11 is 0. The van der Waals surface area contributed by atoms with Crippen LogP contribution in [0.25, 0.3) is 22.4 Å². The number of carboxylic acid groups (broad SMARTS) is 1. The molecule has 3 N–H and O–H groups in total. The number of benzene rings is 2. The Morgan fingerprint density at radius 2 is 1.77 bits per heavy atom. The molecule has 4 rings (SSSR count). The van der Waals surface area contributed by atoms with Crippen molar-refractivity contribution in [2.45, 2.75) is 44.6 Å². The molecule has 35 heavy (non-hydrogen) atoms. The van der Waals surface area contributed by atoms with Crippen LogP contribution in [0.15, 0.2) is 54.6 Å². The van der Waals surface area contributed by atoms with Crippen molar-refractivity contribution in [1.82, 2.24) is 4.98 Å². The Morgan fingerprint density at radius 1 is 1.11 bits per heavy atom. The minimum Gasteiger partial charge on any atom is -0.481 e. The van der Waals surface area contributed by atoms with Crippen LogP contribution < -0.4 is 0 Å². The summed E-state index contributed by atoms with van der Waals surface area (Å²) in [5.41, 5.74) is 6.14. The van der Waals surface area contributed by atoms with Gasteiger partial charge in [0.15, 0.2) is 0 Å². The van der Waals surface area contributed by atoms with Gasteiger partial charge in [-0.3, -0.25) is 14.3 Å². The third-order valence-corrected chi connectivity index (χ3v) is 8.25. The van der Waals surface area contributed by atoms with Crippen LogP contribution in [0.4, 0.5) is 4.39 Å². The van der Waals surface area contributed by atoms with Gasteiger partial charge in [0.2, 0.25) is 7.37 Å². The van der Waals surface area contributed by atoms with Gasteiger partial charge in [0.05, 0.1) is 24.4 Å². The molecule has 1 aliphatic rings. The fourth-order valence-electron chi connectivity index (χ4n) is 4.55. The van der Waals surface area contributed by atoms with E-state index in [-0.39, 0.29) is 24.3 Å². The van der Waals surface area contributed by atoms with E-state index in [0.29, 0.717) is 0 Å². The SMILES string of the molecule is Cc1c(-c2ccccc2)nc(C2CC2)c(CCP(=O)(O)C[C@H](O)CC(=O)O)c1-c1ccc(F)cc1. The molecule has 184 valence electrons. The molecule has 2 aromatic carbocycles. The molecular weight excluding hydrogens is 468 g/mol. The lowest BCUT2D eigenvalue weighted by Crippen LogP contribution is -2.19. The second kappa shape index (κ2) is 10.4. The lowest BCUT2D eigenvalue weighted by atomic mass is 9.89. The van der Waals surface area contributed by atoms with Crippen LogP contribution >= 0.6 is 7.37 Å². The molecule has 0 radical (unpaired) electrons. The summed E-state index contributed by atoms with van der Waals surface area (Å²) in [6.45, 7) is 1.96. The zero-order valence-corrected chi connectivity index (χ0v) is 20.4. The number of carbonyl (C=O) groups is 1. The first-order chi connectivity index (χ1) is 16.6. The van der Waals surface area contributed by atoms with Crippen molar-refractivity contribution in [3.8, 4) is 22.4 Å². The molecule has 1 saturated carbocycles. The molecule has 1 fully saturated rings. The van der Waals surface area contributed by atoms with Crippen LogP contribution in [-0.2, 0) is 15.8 Å². The van der Waals surface area contributed by atoms with E-state index < -0.39 is 32.0 Å². The van der Waals surface area contributed by atoms with Crippen molar-refractivity contribution < 1.29 is 28.9 Å². The van der Waals surface area contributed by atoms with Gasteiger partial charge in [-0.05, 0) is 60.6 Å². The lowest BCUT2D eigenvalue weighted by molar-refractivity contribution is -0.138. The molecule has 1 aromatic heterocycles. The third kappa shape index (κ3) is 6.23. The Hall–Kier alpha value is -2.86. The number of hydrogen-bond acceptors (Lipinski definition) is 4. The van der Waals surface area contributed by atoms with Crippen LogP contribution in [0, 0.1) is 12.7 Å². The largest absolute Gasteiger partial charge is 0.481 e. The third-order valence-electron chi connectivity index (χ3n) is 6.34. The van der Waals surface area contributed by atoms with Gasteiger partial charge in [-0.25, -0.2) is 4.39 Å². The maximum absolute atomic E-state index is 13.7. The summed E-state index contributed by atoms with van der Waals surface area (Å²) in [6, 6.07) is 16.0. The van der Waals surface area contributed by atoms with E-state index in [2.05, 4.69) is 0 Å². The Morgan fingerprint density at radius 3 is 2.37 bits per heavy atom. The first-order valence-electron chi connectivity index (χ1n) is 11.7. The molecular formula is C27H29FNO5P. The van der Waals surface area contributed by atoms with Gasteiger partial charge >= 0.3 is 5.97 Å². The smallest absolute Gasteiger partial charge is 0.305 e. The highest BCUT2D eigenvalue weighted by molar-refractivity contribution is 7.58.